The maximum Gasteiger partial charge on any atom is 0.293 e. The monoisotopic (exact) mass is 282 g/mol. The Morgan fingerprint density at radius 3 is 2.79 bits per heavy atom. The van der Waals surface area contributed by atoms with Gasteiger partial charge in [0.05, 0.1) is 9.95 Å². The summed E-state index contributed by atoms with van der Waals surface area (Å²) in [6.45, 7) is 2.20. The number of nitrogens with zero attached hydrogens (tertiary/aromatic N) is 1. The van der Waals surface area contributed by atoms with Crippen LogP contribution in [0.5, 0.6) is 0 Å². The van der Waals surface area contributed by atoms with Gasteiger partial charge in [-0.05, 0) is 24.8 Å². The maximum atomic E-state index is 11.1. The van der Waals surface area contributed by atoms with Gasteiger partial charge in [0.2, 0.25) is 0 Å². The van der Waals surface area contributed by atoms with Crippen LogP contribution in [-0.2, 0) is 0 Å². The molecule has 1 fully saturated rings. The minimum absolute atomic E-state index is 0.0592. The van der Waals surface area contributed by atoms with E-state index in [0.717, 1.165) is 12.8 Å². The summed E-state index contributed by atoms with van der Waals surface area (Å²) in [5.41, 5.74) is 0.525. The molecule has 4 nitrogen and oxygen atoms in total. The molecule has 1 aromatic rings. The average molecular weight is 283 g/mol. The van der Waals surface area contributed by atoms with Crippen LogP contribution < -0.4 is 5.32 Å². The summed E-state index contributed by atoms with van der Waals surface area (Å²) in [6.07, 6.45) is 5.86. The van der Waals surface area contributed by atoms with Gasteiger partial charge in [-0.3, -0.25) is 10.1 Å². The van der Waals surface area contributed by atoms with Crippen molar-refractivity contribution in [3.63, 3.8) is 0 Å². The molecule has 19 heavy (non-hydrogen) atoms. The third kappa shape index (κ3) is 3.38. The Labute approximate surface area is 118 Å². The fourth-order valence-corrected chi connectivity index (χ4v) is 2.92. The van der Waals surface area contributed by atoms with Gasteiger partial charge < -0.3 is 5.32 Å². The fourth-order valence-electron chi connectivity index (χ4n) is 2.70. The molecule has 2 rings (SSSR count). The highest BCUT2D eigenvalue weighted by Gasteiger charge is 2.24. The van der Waals surface area contributed by atoms with Gasteiger partial charge in [0.15, 0.2) is 0 Å². The normalized spacial score (nSPS) is 23.7. The lowest BCUT2D eigenvalue weighted by molar-refractivity contribution is -0.384. The van der Waals surface area contributed by atoms with Crippen molar-refractivity contribution in [2.45, 2.75) is 45.1 Å². The number of rotatable bonds is 3. The van der Waals surface area contributed by atoms with Crippen LogP contribution in [0.3, 0.4) is 0 Å². The lowest BCUT2D eigenvalue weighted by Gasteiger charge is -2.24. The molecule has 0 radical (unpaired) electrons. The molecule has 1 saturated carbocycles. The Morgan fingerprint density at radius 2 is 2.05 bits per heavy atom. The summed E-state index contributed by atoms with van der Waals surface area (Å²) in [6, 6.07) is 5.07. The van der Waals surface area contributed by atoms with Crippen molar-refractivity contribution in [1.29, 1.82) is 0 Å². The molecule has 0 bridgehead atoms. The minimum atomic E-state index is -0.379. The van der Waals surface area contributed by atoms with Crippen molar-refractivity contribution in [2.75, 3.05) is 5.32 Å². The fraction of sp³-hybridized carbons (Fsp3) is 0.571. The molecule has 1 N–H and O–H groups in total. The Hall–Kier alpha value is -1.29. The maximum absolute atomic E-state index is 11.1. The van der Waals surface area contributed by atoms with Crippen LogP contribution in [0.2, 0.25) is 5.02 Å². The smallest absolute Gasteiger partial charge is 0.293 e. The number of hydrogen-bond acceptors (Lipinski definition) is 3. The molecule has 0 saturated heterocycles. The van der Waals surface area contributed by atoms with E-state index in [0.29, 0.717) is 16.6 Å². The summed E-state index contributed by atoms with van der Waals surface area (Å²) in [7, 11) is 0. The minimum Gasteiger partial charge on any atom is -0.375 e. The van der Waals surface area contributed by atoms with Crippen molar-refractivity contribution in [2.24, 2.45) is 5.92 Å². The predicted molar refractivity (Wildman–Crippen MR) is 77.8 cm³/mol. The second-order valence-electron chi connectivity index (χ2n) is 5.26. The molecule has 0 spiro atoms. The quantitative estimate of drug-likeness (QED) is 0.499. The highest BCUT2D eigenvalue weighted by atomic mass is 35.5. The van der Waals surface area contributed by atoms with Crippen molar-refractivity contribution in [3.8, 4) is 0 Å². The number of nitro groups is 1. The molecule has 0 aliphatic heterocycles. The van der Waals surface area contributed by atoms with Gasteiger partial charge in [0.1, 0.15) is 5.69 Å². The number of benzene rings is 1. The van der Waals surface area contributed by atoms with Crippen LogP contribution in [0.15, 0.2) is 18.2 Å². The highest BCUT2D eigenvalue weighted by molar-refractivity contribution is 6.33. The zero-order valence-electron chi connectivity index (χ0n) is 11.1. The topological polar surface area (TPSA) is 55.2 Å². The zero-order valence-corrected chi connectivity index (χ0v) is 11.8. The first-order valence-corrected chi connectivity index (χ1v) is 7.17. The van der Waals surface area contributed by atoms with Gasteiger partial charge in [0, 0.05) is 12.1 Å². The number of halogens is 1. The summed E-state index contributed by atoms with van der Waals surface area (Å²) in [4.78, 5) is 10.7. The number of para-hydroxylation sites is 1. The van der Waals surface area contributed by atoms with Crippen LogP contribution in [0, 0.1) is 16.0 Å². The number of nitro benzene ring substituents is 1. The van der Waals surface area contributed by atoms with E-state index in [2.05, 4.69) is 12.2 Å². The number of hydrogen-bond donors (Lipinski definition) is 1. The van der Waals surface area contributed by atoms with Crippen LogP contribution >= 0.6 is 11.6 Å². The van der Waals surface area contributed by atoms with Gasteiger partial charge in [0.25, 0.3) is 5.69 Å². The van der Waals surface area contributed by atoms with Crippen LogP contribution in [0.1, 0.15) is 39.0 Å². The van der Waals surface area contributed by atoms with E-state index in [9.17, 15) is 10.1 Å². The summed E-state index contributed by atoms with van der Waals surface area (Å²) >= 11 is 6.11. The van der Waals surface area contributed by atoms with E-state index in [1.807, 2.05) is 0 Å². The number of anilines is 1. The SMILES string of the molecule is CC1CCCCCC1Nc1c(Cl)cccc1[N+](=O)[O-]. The van der Waals surface area contributed by atoms with Gasteiger partial charge in [-0.15, -0.1) is 0 Å². The largest absolute Gasteiger partial charge is 0.375 e. The molecule has 104 valence electrons. The van der Waals surface area contributed by atoms with Crippen molar-refractivity contribution in [1.82, 2.24) is 0 Å². The first-order chi connectivity index (χ1) is 9.09. The number of nitrogens with one attached hydrogen (secondary N) is 1. The van der Waals surface area contributed by atoms with Gasteiger partial charge >= 0.3 is 0 Å². The molecular weight excluding hydrogens is 264 g/mol. The Balaban J connectivity index is 2.24. The molecule has 5 heteroatoms. The van der Waals surface area contributed by atoms with Crippen molar-refractivity contribution in [3.05, 3.63) is 33.3 Å². The molecule has 2 atom stereocenters. The second kappa shape index (κ2) is 6.24. The van der Waals surface area contributed by atoms with E-state index >= 15 is 0 Å². The molecule has 0 amide bonds. The lowest BCUT2D eigenvalue weighted by atomic mass is 9.96. The average Bonchev–Trinajstić information content (AvgIpc) is 2.57. The third-order valence-electron chi connectivity index (χ3n) is 3.88. The van der Waals surface area contributed by atoms with Gasteiger partial charge in [-0.25, -0.2) is 0 Å². The summed E-state index contributed by atoms with van der Waals surface area (Å²) < 4.78 is 0. The van der Waals surface area contributed by atoms with E-state index in [-0.39, 0.29) is 16.7 Å². The van der Waals surface area contributed by atoms with Gasteiger partial charge in [-0.1, -0.05) is 43.9 Å². The molecule has 0 heterocycles. The van der Waals surface area contributed by atoms with Gasteiger partial charge in [-0.2, -0.15) is 0 Å². The van der Waals surface area contributed by atoms with Crippen molar-refractivity contribution < 1.29 is 4.92 Å². The second-order valence-corrected chi connectivity index (χ2v) is 5.66. The van der Waals surface area contributed by atoms with Crippen LogP contribution in [0.4, 0.5) is 11.4 Å². The van der Waals surface area contributed by atoms with Crippen LogP contribution in [-0.4, -0.2) is 11.0 Å². The molecule has 0 aromatic heterocycles. The van der Waals surface area contributed by atoms with Crippen molar-refractivity contribution >= 4 is 23.0 Å². The van der Waals surface area contributed by atoms with E-state index < -0.39 is 0 Å². The first-order valence-electron chi connectivity index (χ1n) is 6.79. The predicted octanol–water partition coefficient (Wildman–Crippen LogP) is 4.63. The zero-order chi connectivity index (χ0) is 13.8. The third-order valence-corrected chi connectivity index (χ3v) is 4.19. The Morgan fingerprint density at radius 1 is 1.32 bits per heavy atom. The highest BCUT2D eigenvalue weighted by Crippen LogP contribution is 2.35. The summed E-state index contributed by atoms with van der Waals surface area (Å²) in [5, 5.41) is 14.8. The van der Waals surface area contributed by atoms with E-state index in [4.69, 9.17) is 11.6 Å². The molecular formula is C14H19ClN2O2. The standard InChI is InChI=1S/C14H19ClN2O2/c1-10-6-3-2-4-8-12(10)16-14-11(15)7-5-9-13(14)17(18)19/h5,7,9-10,12,16H,2-4,6,8H2,1H3. The Kier molecular flexibility index (Phi) is 4.64. The first kappa shape index (κ1) is 14.1. The Bertz CT molecular complexity index is 465. The molecule has 1 aromatic carbocycles. The summed E-state index contributed by atoms with van der Waals surface area (Å²) in [5.74, 6) is 0.512. The molecule has 1 aliphatic carbocycles. The molecule has 2 unspecified atom stereocenters. The van der Waals surface area contributed by atoms with E-state index in [1.165, 1.54) is 25.3 Å². The van der Waals surface area contributed by atoms with E-state index in [1.54, 1.807) is 12.1 Å². The lowest BCUT2D eigenvalue weighted by Crippen LogP contribution is -2.26. The van der Waals surface area contributed by atoms with Crippen LogP contribution in [0.25, 0.3) is 0 Å². The molecule has 1 aliphatic rings.